The highest BCUT2D eigenvalue weighted by atomic mass is 15.1. The van der Waals surface area contributed by atoms with Crippen molar-refractivity contribution in [1.29, 1.82) is 0 Å². The summed E-state index contributed by atoms with van der Waals surface area (Å²) in [5, 5.41) is 4.68. The third kappa shape index (κ3) is 7.90. The van der Waals surface area contributed by atoms with Crippen LogP contribution in [0.3, 0.4) is 0 Å². The van der Waals surface area contributed by atoms with Crippen molar-refractivity contribution in [2.45, 2.75) is 31.0 Å². The van der Waals surface area contributed by atoms with E-state index in [0.29, 0.717) is 37.6 Å². The maximum Gasteiger partial charge on any atom is 0.0714 e. The highest BCUT2D eigenvalue weighted by Gasteiger charge is 2.46. The Balaban J connectivity index is 1.05. The molecule has 4 unspecified atom stereocenters. The molecule has 0 bridgehead atoms. The zero-order valence-electron chi connectivity index (χ0n) is 51.2. The van der Waals surface area contributed by atoms with Gasteiger partial charge in [-0.1, -0.05) is 225 Å². The first-order valence-corrected chi connectivity index (χ1v) is 23.2. The second-order valence-electron chi connectivity index (χ2n) is 17.3. The Morgan fingerprint density at radius 3 is 1.77 bits per heavy atom. The Hall–Kier alpha value is -8.52. The molecule has 11 rings (SSSR count). The van der Waals surface area contributed by atoms with Crippen LogP contribution in [-0.4, -0.2) is 0 Å². The first-order chi connectivity index (χ1) is 40.3. The molecular formula is C69H55N. The predicted octanol–water partition coefficient (Wildman–Crippen LogP) is 19.0. The van der Waals surface area contributed by atoms with Crippen LogP contribution in [0.5, 0.6) is 0 Å². The minimum atomic E-state index is -1.84. The molecule has 0 amide bonds. The summed E-state index contributed by atoms with van der Waals surface area (Å²) >= 11 is 0. The normalized spacial score (nSPS) is 18.0. The molecule has 0 fully saturated rings. The number of hydrogen-bond donors (Lipinski definition) is 0. The summed E-state index contributed by atoms with van der Waals surface area (Å²) in [6.07, 6.45) is -6.98. The van der Waals surface area contributed by atoms with E-state index in [9.17, 15) is 8.22 Å². The van der Waals surface area contributed by atoms with Crippen LogP contribution in [0.25, 0.3) is 60.5 Å². The largest absolute Gasteiger partial charge is 0.310 e. The average molecular weight is 911 g/mol. The van der Waals surface area contributed by atoms with Gasteiger partial charge in [-0.15, -0.1) is 6.55 Å². The van der Waals surface area contributed by atoms with Crippen molar-refractivity contribution in [2.24, 2.45) is 0 Å². The van der Waals surface area contributed by atoms with Gasteiger partial charge in [0.05, 0.1) is 17.8 Å². The van der Waals surface area contributed by atoms with Crippen molar-refractivity contribution >= 4 is 44.2 Å². The SMILES string of the molecule is [2H]C=C([2H])C([2H])C([2H])C(=C[2H])C(=C[2H])C([2H])C([2H])C(=C[2H])c1c([2H])c([2H])c(N(c2ccc(-c3ccc(-c4cc5ccccc5c5ccccc45)cc3)cc2)c2ccc3c(c2)C(c2ccccc2)(c2ccccc2)c2ccccc2-3)c([2H])c1[2H]. The van der Waals surface area contributed by atoms with Gasteiger partial charge in [-0.05, 0) is 156 Å². The molecule has 10 aromatic carbocycles. The first-order valence-electron chi connectivity index (χ1n) is 30.3. The number of hydrogen-bond acceptors (Lipinski definition) is 1. The van der Waals surface area contributed by atoms with Crippen molar-refractivity contribution < 1.29 is 17.8 Å². The quantitative estimate of drug-likeness (QED) is 0.0563. The van der Waals surface area contributed by atoms with Crippen molar-refractivity contribution in [3.05, 3.63) is 302 Å². The standard InChI is InChI=1S/C69H55N/c1-5-6-19-48(2)49(3)30-31-50(4)51-36-40-58(41-37-51)70(60-44-45-65-64-28-17-18-29-67(64)69(68(65)47-60,56-21-9-7-10-22-56)57-23-11-8-12-24-57)59-42-38-53(39-43-59)52-32-34-54(35-33-52)66-46-55-20-13-14-25-61(55)62-26-15-16-27-63(62)66/h5,7-18,20-29,32-47H,1-4,6,19,30-31H2/i1D,2D,3D,4D,5D,6D,19D,30D,31D,36D,37D,40D,41D. The Bertz CT molecular complexity index is 4150. The topological polar surface area (TPSA) is 3.24 Å². The van der Waals surface area contributed by atoms with E-state index in [-0.39, 0.29) is 22.4 Å². The van der Waals surface area contributed by atoms with E-state index < -0.39 is 66.8 Å². The van der Waals surface area contributed by atoms with Crippen molar-refractivity contribution in [3.63, 3.8) is 0 Å². The van der Waals surface area contributed by atoms with Crippen LogP contribution >= 0.6 is 0 Å². The maximum atomic E-state index is 9.88. The lowest BCUT2D eigenvalue weighted by Gasteiger charge is -2.35. The molecule has 4 atom stereocenters. The zero-order chi connectivity index (χ0) is 58.3. The van der Waals surface area contributed by atoms with Crippen LogP contribution in [0.15, 0.2) is 274 Å². The lowest BCUT2D eigenvalue weighted by atomic mass is 9.67. The molecule has 1 heteroatoms. The summed E-state index contributed by atoms with van der Waals surface area (Å²) in [6, 6.07) is 67.4. The van der Waals surface area contributed by atoms with Crippen molar-refractivity contribution in [3.8, 4) is 33.4 Å². The van der Waals surface area contributed by atoms with E-state index in [2.05, 4.69) is 121 Å². The van der Waals surface area contributed by atoms with Crippen LogP contribution in [0.2, 0.25) is 0 Å². The average Bonchev–Trinajstić information content (AvgIpc) is 1.94. The molecule has 1 aliphatic rings. The van der Waals surface area contributed by atoms with E-state index in [0.717, 1.165) is 66.4 Å². The summed E-state index contributed by atoms with van der Waals surface area (Å²) in [4.78, 5) is 1.71. The van der Waals surface area contributed by atoms with Gasteiger partial charge in [0.15, 0.2) is 0 Å². The van der Waals surface area contributed by atoms with E-state index in [4.69, 9.17) is 9.60 Å². The van der Waals surface area contributed by atoms with Gasteiger partial charge in [0.1, 0.15) is 0 Å². The van der Waals surface area contributed by atoms with Gasteiger partial charge >= 0.3 is 0 Å². The Kier molecular flexibility index (Phi) is 8.50. The fourth-order valence-electron chi connectivity index (χ4n) is 10.1. The Morgan fingerprint density at radius 2 is 1.07 bits per heavy atom. The number of nitrogens with zero attached hydrogens (tertiary/aromatic N) is 1. The highest BCUT2D eigenvalue weighted by Crippen LogP contribution is 2.57. The van der Waals surface area contributed by atoms with E-state index in [1.807, 2.05) is 84.9 Å². The van der Waals surface area contributed by atoms with Gasteiger partial charge in [0, 0.05) is 22.5 Å². The van der Waals surface area contributed by atoms with Gasteiger partial charge < -0.3 is 4.90 Å². The lowest BCUT2D eigenvalue weighted by Crippen LogP contribution is -2.28. The van der Waals surface area contributed by atoms with E-state index >= 15 is 0 Å². The molecule has 0 aromatic heterocycles. The smallest absolute Gasteiger partial charge is 0.0714 e. The van der Waals surface area contributed by atoms with Crippen molar-refractivity contribution in [2.75, 3.05) is 4.90 Å². The second-order valence-corrected chi connectivity index (χ2v) is 17.3. The monoisotopic (exact) mass is 911 g/mol. The molecule has 0 saturated heterocycles. The third-order valence-corrected chi connectivity index (χ3v) is 13.4. The molecule has 0 heterocycles. The fraction of sp³-hybridized carbons (Fsp3) is 0.0725. The Morgan fingerprint density at radius 1 is 0.486 bits per heavy atom. The van der Waals surface area contributed by atoms with Gasteiger partial charge in [0.25, 0.3) is 0 Å². The molecule has 0 N–H and O–H groups in total. The molecule has 0 radical (unpaired) electrons. The highest BCUT2D eigenvalue weighted by molar-refractivity contribution is 6.13. The summed E-state index contributed by atoms with van der Waals surface area (Å²) in [5.74, 6) is 0. The summed E-state index contributed by atoms with van der Waals surface area (Å²) in [7, 11) is 0. The number of allylic oxidation sites excluding steroid dienone is 4. The van der Waals surface area contributed by atoms with Crippen LogP contribution in [0, 0.1) is 0 Å². The molecule has 70 heavy (non-hydrogen) atoms. The first kappa shape index (κ1) is 31.5. The molecule has 0 aliphatic heterocycles. The lowest BCUT2D eigenvalue weighted by molar-refractivity contribution is 0.768. The van der Waals surface area contributed by atoms with Gasteiger partial charge in [-0.3, -0.25) is 0 Å². The number of benzene rings is 10. The summed E-state index contributed by atoms with van der Waals surface area (Å²) in [5.41, 5.74) is 8.70. The van der Waals surface area contributed by atoms with Gasteiger partial charge in [0.2, 0.25) is 0 Å². The molecule has 1 nitrogen and oxygen atoms in total. The van der Waals surface area contributed by atoms with Crippen molar-refractivity contribution in [1.82, 2.24) is 0 Å². The number of anilines is 3. The second kappa shape index (κ2) is 18.9. The van der Waals surface area contributed by atoms with E-state index in [1.54, 1.807) is 4.90 Å². The fourth-order valence-corrected chi connectivity index (χ4v) is 10.1. The summed E-state index contributed by atoms with van der Waals surface area (Å²) < 4.78 is 115. The molecule has 1 aliphatic carbocycles. The van der Waals surface area contributed by atoms with Gasteiger partial charge in [-0.25, -0.2) is 0 Å². The van der Waals surface area contributed by atoms with E-state index in [1.165, 1.54) is 10.8 Å². The minimum Gasteiger partial charge on any atom is -0.310 e. The van der Waals surface area contributed by atoms with Crippen LogP contribution in [0.4, 0.5) is 17.1 Å². The molecular weight excluding hydrogens is 843 g/mol. The van der Waals surface area contributed by atoms with Crippen LogP contribution in [0.1, 0.15) is 71.2 Å². The molecule has 10 aromatic rings. The number of fused-ring (bicyclic) bond motifs is 6. The zero-order valence-corrected chi connectivity index (χ0v) is 38.2. The number of rotatable bonds is 15. The Labute approximate surface area is 431 Å². The third-order valence-electron chi connectivity index (χ3n) is 13.4. The molecule has 0 spiro atoms. The molecule has 0 saturated carbocycles. The minimum absolute atomic E-state index is 0.115. The summed E-state index contributed by atoms with van der Waals surface area (Å²) in [6.45, 7) is 2.64. The maximum absolute atomic E-state index is 9.88. The van der Waals surface area contributed by atoms with Crippen LogP contribution < -0.4 is 4.90 Å². The van der Waals surface area contributed by atoms with Gasteiger partial charge in [-0.2, -0.15) is 0 Å². The predicted molar refractivity (Wildman–Crippen MR) is 300 cm³/mol. The molecule has 336 valence electrons. The van der Waals surface area contributed by atoms with Crippen LogP contribution in [-0.2, 0) is 5.41 Å².